The van der Waals surface area contributed by atoms with Crippen LogP contribution in [0.4, 0.5) is 0 Å². The first kappa shape index (κ1) is 24.5. The molecule has 1 unspecified atom stereocenters. The molecule has 4 rings (SSSR count). The van der Waals surface area contributed by atoms with Crippen LogP contribution in [0.1, 0.15) is 40.3 Å². The SMILES string of the molecule is COc1cc(C(=O)Oc2ccc(C3OC(c4ccc(C)nc4)=NN3C(C)=O)cc2)cc(OC)c1OC. The van der Waals surface area contributed by atoms with Crippen molar-refractivity contribution >= 4 is 17.8 Å². The fourth-order valence-corrected chi connectivity index (χ4v) is 3.56. The molecule has 0 saturated carbocycles. The maximum atomic E-state index is 12.8. The van der Waals surface area contributed by atoms with Gasteiger partial charge in [-0.1, -0.05) is 0 Å². The zero-order valence-electron chi connectivity index (χ0n) is 20.5. The average Bonchev–Trinajstić information content (AvgIpc) is 3.34. The zero-order chi connectivity index (χ0) is 25.8. The minimum absolute atomic E-state index is 0.222. The highest BCUT2D eigenvalue weighted by Gasteiger charge is 2.33. The summed E-state index contributed by atoms with van der Waals surface area (Å²) in [6.07, 6.45) is 0.874. The third-order valence-corrected chi connectivity index (χ3v) is 5.40. The Bertz CT molecular complexity index is 1280. The molecule has 0 radical (unpaired) electrons. The van der Waals surface area contributed by atoms with E-state index in [0.717, 1.165) is 5.69 Å². The van der Waals surface area contributed by atoms with E-state index in [-0.39, 0.29) is 11.5 Å². The van der Waals surface area contributed by atoms with E-state index in [4.69, 9.17) is 23.7 Å². The summed E-state index contributed by atoms with van der Waals surface area (Å²) in [5.41, 5.74) is 2.39. The van der Waals surface area contributed by atoms with Gasteiger partial charge in [0.1, 0.15) is 5.75 Å². The molecule has 0 saturated heterocycles. The van der Waals surface area contributed by atoms with E-state index in [2.05, 4.69) is 10.1 Å². The zero-order valence-corrected chi connectivity index (χ0v) is 20.5. The van der Waals surface area contributed by atoms with Gasteiger partial charge in [-0.2, -0.15) is 5.01 Å². The van der Waals surface area contributed by atoms with Crippen molar-refractivity contribution in [1.29, 1.82) is 0 Å². The number of aryl methyl sites for hydroxylation is 1. The Balaban J connectivity index is 1.51. The molecule has 36 heavy (non-hydrogen) atoms. The summed E-state index contributed by atoms with van der Waals surface area (Å²) in [5.74, 6) is 0.739. The number of benzene rings is 2. The van der Waals surface area contributed by atoms with Gasteiger partial charge in [0.05, 0.1) is 32.5 Å². The number of nitrogens with zero attached hydrogens (tertiary/aromatic N) is 3. The molecule has 1 atom stereocenters. The lowest BCUT2D eigenvalue weighted by Crippen LogP contribution is -2.25. The number of hydrogen-bond acceptors (Lipinski definition) is 9. The highest BCUT2D eigenvalue weighted by Crippen LogP contribution is 2.38. The van der Waals surface area contributed by atoms with Gasteiger partial charge in [0, 0.05) is 24.4 Å². The molecular weight excluding hydrogens is 466 g/mol. The Labute approximate surface area is 208 Å². The Morgan fingerprint density at radius 3 is 2.14 bits per heavy atom. The molecule has 2 aromatic carbocycles. The topological polar surface area (TPSA) is 109 Å². The minimum Gasteiger partial charge on any atom is -0.493 e. The van der Waals surface area contributed by atoms with Crippen LogP contribution in [0, 0.1) is 6.92 Å². The van der Waals surface area contributed by atoms with Crippen LogP contribution >= 0.6 is 0 Å². The van der Waals surface area contributed by atoms with Crippen LogP contribution in [-0.4, -0.2) is 49.1 Å². The van der Waals surface area contributed by atoms with Crippen molar-refractivity contribution < 1.29 is 33.3 Å². The molecule has 0 fully saturated rings. The van der Waals surface area contributed by atoms with Crippen molar-refractivity contribution in [2.45, 2.75) is 20.1 Å². The number of aromatic nitrogens is 1. The van der Waals surface area contributed by atoms with Gasteiger partial charge in [0.2, 0.25) is 23.8 Å². The van der Waals surface area contributed by atoms with Crippen molar-refractivity contribution in [2.75, 3.05) is 21.3 Å². The lowest BCUT2D eigenvalue weighted by atomic mass is 10.1. The van der Waals surface area contributed by atoms with Crippen molar-refractivity contribution in [1.82, 2.24) is 9.99 Å². The smallest absolute Gasteiger partial charge is 0.343 e. The van der Waals surface area contributed by atoms with E-state index in [1.807, 2.05) is 19.1 Å². The maximum Gasteiger partial charge on any atom is 0.343 e. The Hall–Kier alpha value is -4.60. The molecule has 0 bridgehead atoms. The van der Waals surface area contributed by atoms with Crippen LogP contribution in [0.2, 0.25) is 0 Å². The summed E-state index contributed by atoms with van der Waals surface area (Å²) in [7, 11) is 4.41. The van der Waals surface area contributed by atoms with E-state index in [1.54, 1.807) is 30.5 Å². The van der Waals surface area contributed by atoms with Crippen molar-refractivity contribution in [3.8, 4) is 23.0 Å². The van der Waals surface area contributed by atoms with E-state index in [1.165, 1.54) is 45.4 Å². The van der Waals surface area contributed by atoms with Crippen LogP contribution < -0.4 is 18.9 Å². The van der Waals surface area contributed by atoms with Crippen LogP contribution in [-0.2, 0) is 9.53 Å². The monoisotopic (exact) mass is 491 g/mol. The number of pyridine rings is 1. The number of carbonyl (C=O) groups excluding carboxylic acids is 2. The van der Waals surface area contributed by atoms with Gasteiger partial charge in [-0.15, -0.1) is 5.10 Å². The predicted octanol–water partition coefficient (Wildman–Crippen LogP) is 3.87. The number of rotatable bonds is 7. The number of hydrogen-bond donors (Lipinski definition) is 0. The first-order chi connectivity index (χ1) is 17.3. The molecule has 0 aliphatic carbocycles. The van der Waals surface area contributed by atoms with Crippen LogP contribution in [0.25, 0.3) is 0 Å². The molecule has 1 aromatic heterocycles. The fourth-order valence-electron chi connectivity index (χ4n) is 3.56. The Morgan fingerprint density at radius 1 is 0.944 bits per heavy atom. The summed E-state index contributed by atoms with van der Waals surface area (Å²) in [6.45, 7) is 3.28. The molecular formula is C26H25N3O7. The highest BCUT2D eigenvalue weighted by atomic mass is 16.5. The minimum atomic E-state index is -0.765. The molecule has 1 aliphatic heterocycles. The average molecular weight is 492 g/mol. The Morgan fingerprint density at radius 2 is 1.61 bits per heavy atom. The second-order valence-corrected chi connectivity index (χ2v) is 7.80. The lowest BCUT2D eigenvalue weighted by molar-refractivity contribution is -0.135. The predicted molar refractivity (Wildman–Crippen MR) is 129 cm³/mol. The van der Waals surface area contributed by atoms with Gasteiger partial charge in [-0.05, 0) is 55.5 Å². The van der Waals surface area contributed by atoms with E-state index in [0.29, 0.717) is 40.0 Å². The van der Waals surface area contributed by atoms with Crippen LogP contribution in [0.3, 0.4) is 0 Å². The third-order valence-electron chi connectivity index (χ3n) is 5.40. The number of hydrazone groups is 1. The quantitative estimate of drug-likeness (QED) is 0.362. The standard InChI is InChI=1S/C26H25N3O7/c1-15-6-7-18(14-27-15)24-28-29(16(2)30)25(36-24)17-8-10-20(11-9-17)35-26(31)19-12-21(32-3)23(34-5)22(13-19)33-4/h6-14,25H,1-5H3. The van der Waals surface area contributed by atoms with Crippen LogP contribution in [0.5, 0.6) is 23.0 Å². The summed E-state index contributed by atoms with van der Waals surface area (Å²) in [6, 6.07) is 13.3. The summed E-state index contributed by atoms with van der Waals surface area (Å²) < 4.78 is 27.4. The number of carbonyl (C=O) groups is 2. The first-order valence-corrected chi connectivity index (χ1v) is 10.9. The van der Waals surface area contributed by atoms with E-state index in [9.17, 15) is 9.59 Å². The van der Waals surface area contributed by atoms with Gasteiger partial charge < -0.3 is 23.7 Å². The molecule has 0 N–H and O–H groups in total. The molecule has 3 aromatic rings. The highest BCUT2D eigenvalue weighted by molar-refractivity contribution is 5.96. The largest absolute Gasteiger partial charge is 0.493 e. The number of esters is 1. The maximum absolute atomic E-state index is 12.8. The van der Waals surface area contributed by atoms with Gasteiger partial charge in [-0.3, -0.25) is 9.78 Å². The third kappa shape index (κ3) is 4.92. The van der Waals surface area contributed by atoms with Crippen molar-refractivity contribution in [2.24, 2.45) is 5.10 Å². The second kappa shape index (κ2) is 10.3. The molecule has 10 nitrogen and oxygen atoms in total. The van der Waals surface area contributed by atoms with Gasteiger partial charge >= 0.3 is 5.97 Å². The summed E-state index contributed by atoms with van der Waals surface area (Å²) in [5, 5.41) is 5.58. The second-order valence-electron chi connectivity index (χ2n) is 7.80. The Kier molecular flexibility index (Phi) is 7.05. The first-order valence-electron chi connectivity index (χ1n) is 10.9. The number of amides is 1. The molecule has 186 valence electrons. The fraction of sp³-hybridized carbons (Fsp3) is 0.231. The molecule has 0 spiro atoms. The molecule has 2 heterocycles. The number of ether oxygens (including phenoxy) is 5. The summed E-state index contributed by atoms with van der Waals surface area (Å²) in [4.78, 5) is 29.2. The molecule has 1 amide bonds. The van der Waals surface area contributed by atoms with Crippen molar-refractivity contribution in [3.63, 3.8) is 0 Å². The lowest BCUT2D eigenvalue weighted by Gasteiger charge is -2.19. The van der Waals surface area contributed by atoms with E-state index >= 15 is 0 Å². The van der Waals surface area contributed by atoms with Crippen LogP contribution in [0.15, 0.2) is 59.8 Å². The van der Waals surface area contributed by atoms with E-state index < -0.39 is 12.2 Å². The van der Waals surface area contributed by atoms with Gasteiger partial charge in [-0.25, -0.2) is 4.79 Å². The van der Waals surface area contributed by atoms with Gasteiger partial charge in [0.25, 0.3) is 0 Å². The molecule has 10 heteroatoms. The summed E-state index contributed by atoms with van der Waals surface area (Å²) >= 11 is 0. The van der Waals surface area contributed by atoms with Crippen molar-refractivity contribution in [3.05, 3.63) is 77.1 Å². The molecule has 1 aliphatic rings. The van der Waals surface area contributed by atoms with Gasteiger partial charge in [0.15, 0.2) is 11.5 Å². The normalized spacial score (nSPS) is 14.5. The number of methoxy groups -OCH3 is 3.